The molecule has 1 heterocycles. The van der Waals surface area contributed by atoms with Crippen molar-refractivity contribution in [2.24, 2.45) is 5.92 Å². The summed E-state index contributed by atoms with van der Waals surface area (Å²) >= 11 is 0. The summed E-state index contributed by atoms with van der Waals surface area (Å²) in [5, 5.41) is 2.81. The first-order valence-corrected chi connectivity index (χ1v) is 10.2. The largest absolute Gasteiger partial charge is 0.385 e. The Bertz CT molecular complexity index is 695. The van der Waals surface area contributed by atoms with Crippen molar-refractivity contribution in [1.29, 1.82) is 0 Å². The van der Waals surface area contributed by atoms with Gasteiger partial charge in [0, 0.05) is 38.9 Å². The van der Waals surface area contributed by atoms with Crippen molar-refractivity contribution in [3.63, 3.8) is 0 Å². The lowest BCUT2D eigenvalue weighted by Crippen LogP contribution is -2.38. The average molecular weight is 368 g/mol. The zero-order valence-corrected chi connectivity index (χ0v) is 16.1. The van der Waals surface area contributed by atoms with Crippen molar-refractivity contribution in [2.75, 3.05) is 33.4 Å². The molecule has 7 heteroatoms. The highest BCUT2D eigenvalue weighted by molar-refractivity contribution is 7.89. The second kappa shape index (κ2) is 8.78. The van der Waals surface area contributed by atoms with Gasteiger partial charge in [0.25, 0.3) is 5.91 Å². The van der Waals surface area contributed by atoms with E-state index >= 15 is 0 Å². The fourth-order valence-electron chi connectivity index (χ4n) is 2.89. The zero-order chi connectivity index (χ0) is 18.4. The number of methoxy groups -OCH3 is 1. The minimum Gasteiger partial charge on any atom is -0.385 e. The van der Waals surface area contributed by atoms with Crippen molar-refractivity contribution in [1.82, 2.24) is 9.62 Å². The number of nitrogens with zero attached hydrogens (tertiary/aromatic N) is 1. The number of hydrogen-bond donors (Lipinski definition) is 1. The SMILES string of the molecule is COCCCNC(=O)c1cc(S(=O)(=O)N2CCC(C)CC2)ccc1C. The normalized spacial score (nSPS) is 16.8. The second-order valence-electron chi connectivity index (χ2n) is 6.67. The van der Waals surface area contributed by atoms with Crippen LogP contribution in [0.2, 0.25) is 0 Å². The lowest BCUT2D eigenvalue weighted by molar-refractivity contribution is 0.0948. The third-order valence-corrected chi connectivity index (χ3v) is 6.54. The molecule has 1 aliphatic rings. The van der Waals surface area contributed by atoms with Crippen LogP contribution in [0.25, 0.3) is 0 Å². The number of piperidine rings is 1. The van der Waals surface area contributed by atoms with Gasteiger partial charge in [-0.2, -0.15) is 4.31 Å². The third-order valence-electron chi connectivity index (χ3n) is 4.64. The molecule has 0 aliphatic carbocycles. The molecule has 140 valence electrons. The van der Waals surface area contributed by atoms with Crippen LogP contribution in [0.15, 0.2) is 23.1 Å². The van der Waals surface area contributed by atoms with Crippen LogP contribution in [-0.2, 0) is 14.8 Å². The molecule has 0 spiro atoms. The minimum atomic E-state index is -3.55. The van der Waals surface area contributed by atoms with Crippen LogP contribution in [0.5, 0.6) is 0 Å². The molecule has 1 saturated heterocycles. The molecular weight excluding hydrogens is 340 g/mol. The van der Waals surface area contributed by atoms with Gasteiger partial charge in [-0.1, -0.05) is 13.0 Å². The van der Waals surface area contributed by atoms with E-state index in [9.17, 15) is 13.2 Å². The lowest BCUT2D eigenvalue weighted by Gasteiger charge is -2.29. The van der Waals surface area contributed by atoms with Crippen molar-refractivity contribution in [3.8, 4) is 0 Å². The van der Waals surface area contributed by atoms with Gasteiger partial charge < -0.3 is 10.1 Å². The number of amides is 1. The first kappa shape index (κ1) is 19.9. The maximum absolute atomic E-state index is 12.9. The predicted octanol–water partition coefficient (Wildman–Crippen LogP) is 2.18. The molecule has 1 aliphatic heterocycles. The van der Waals surface area contributed by atoms with Gasteiger partial charge in [0.05, 0.1) is 4.90 Å². The monoisotopic (exact) mass is 368 g/mol. The van der Waals surface area contributed by atoms with Gasteiger partial charge in [0.2, 0.25) is 10.0 Å². The second-order valence-corrected chi connectivity index (χ2v) is 8.60. The van der Waals surface area contributed by atoms with Crippen molar-refractivity contribution >= 4 is 15.9 Å². The molecule has 0 unspecified atom stereocenters. The highest BCUT2D eigenvalue weighted by Gasteiger charge is 2.28. The fraction of sp³-hybridized carbons (Fsp3) is 0.611. The van der Waals surface area contributed by atoms with Crippen LogP contribution in [0, 0.1) is 12.8 Å². The fourth-order valence-corrected chi connectivity index (χ4v) is 4.39. The maximum Gasteiger partial charge on any atom is 0.251 e. The van der Waals surface area contributed by atoms with Crippen LogP contribution in [0.3, 0.4) is 0 Å². The van der Waals surface area contributed by atoms with Gasteiger partial charge >= 0.3 is 0 Å². The Morgan fingerprint density at radius 2 is 2.00 bits per heavy atom. The molecule has 6 nitrogen and oxygen atoms in total. The summed E-state index contributed by atoms with van der Waals surface area (Å²) in [6, 6.07) is 4.78. The van der Waals surface area contributed by atoms with Gasteiger partial charge in [-0.3, -0.25) is 4.79 Å². The van der Waals surface area contributed by atoms with E-state index in [1.54, 1.807) is 19.2 Å². The Labute approximate surface area is 150 Å². The molecule has 1 aromatic rings. The minimum absolute atomic E-state index is 0.190. The number of carbonyl (C=O) groups is 1. The van der Waals surface area contributed by atoms with E-state index in [4.69, 9.17) is 4.74 Å². The summed E-state index contributed by atoms with van der Waals surface area (Å²) in [6.07, 6.45) is 2.46. The molecule has 0 radical (unpaired) electrons. The van der Waals surface area contributed by atoms with E-state index in [-0.39, 0.29) is 10.8 Å². The Morgan fingerprint density at radius 1 is 1.32 bits per heavy atom. The zero-order valence-electron chi connectivity index (χ0n) is 15.2. The summed E-state index contributed by atoms with van der Waals surface area (Å²) in [6.45, 7) is 6.09. The van der Waals surface area contributed by atoms with E-state index in [0.29, 0.717) is 44.1 Å². The van der Waals surface area contributed by atoms with Crippen LogP contribution in [-0.4, -0.2) is 52.0 Å². The van der Waals surface area contributed by atoms with Crippen molar-refractivity contribution in [3.05, 3.63) is 29.3 Å². The summed E-state index contributed by atoms with van der Waals surface area (Å²) in [5.74, 6) is 0.302. The molecule has 0 saturated carbocycles. The molecule has 1 aromatic carbocycles. The number of hydrogen-bond acceptors (Lipinski definition) is 4. The Morgan fingerprint density at radius 3 is 2.64 bits per heavy atom. The van der Waals surface area contributed by atoms with E-state index in [1.807, 2.05) is 6.92 Å². The molecule has 25 heavy (non-hydrogen) atoms. The highest BCUT2D eigenvalue weighted by Crippen LogP contribution is 2.24. The first-order chi connectivity index (χ1) is 11.9. The summed E-state index contributed by atoms with van der Waals surface area (Å²) in [5.41, 5.74) is 1.17. The average Bonchev–Trinajstić information content (AvgIpc) is 2.59. The predicted molar refractivity (Wildman–Crippen MR) is 97.2 cm³/mol. The Balaban J connectivity index is 2.15. The molecule has 2 rings (SSSR count). The first-order valence-electron chi connectivity index (χ1n) is 8.74. The third kappa shape index (κ3) is 5.03. The van der Waals surface area contributed by atoms with Crippen LogP contribution < -0.4 is 5.32 Å². The highest BCUT2D eigenvalue weighted by atomic mass is 32.2. The summed E-state index contributed by atoms with van der Waals surface area (Å²) in [7, 11) is -1.94. The number of ether oxygens (including phenoxy) is 1. The van der Waals surface area contributed by atoms with E-state index in [0.717, 1.165) is 18.4 Å². The number of aryl methyl sites for hydroxylation is 1. The van der Waals surface area contributed by atoms with Crippen molar-refractivity contribution in [2.45, 2.75) is 38.0 Å². The van der Waals surface area contributed by atoms with E-state index in [1.165, 1.54) is 10.4 Å². The molecule has 1 N–H and O–H groups in total. The van der Waals surface area contributed by atoms with E-state index in [2.05, 4.69) is 12.2 Å². The Hall–Kier alpha value is -1.44. The van der Waals surface area contributed by atoms with Crippen LogP contribution in [0.4, 0.5) is 0 Å². The number of carbonyl (C=O) groups excluding carboxylic acids is 1. The lowest BCUT2D eigenvalue weighted by atomic mass is 10.0. The van der Waals surface area contributed by atoms with Crippen LogP contribution >= 0.6 is 0 Å². The maximum atomic E-state index is 12.9. The molecule has 0 atom stereocenters. The standard InChI is InChI=1S/C18H28N2O4S/c1-14-7-10-20(11-8-14)25(22,23)16-6-5-15(2)17(13-16)18(21)19-9-4-12-24-3/h5-6,13-14H,4,7-12H2,1-3H3,(H,19,21). The molecule has 0 bridgehead atoms. The molecule has 0 aromatic heterocycles. The van der Waals surface area contributed by atoms with Gasteiger partial charge in [0.1, 0.15) is 0 Å². The van der Waals surface area contributed by atoms with Gasteiger partial charge in [-0.05, 0) is 49.8 Å². The number of rotatable bonds is 7. The van der Waals surface area contributed by atoms with Gasteiger partial charge in [0.15, 0.2) is 0 Å². The summed E-state index contributed by atoms with van der Waals surface area (Å²) in [4.78, 5) is 12.6. The van der Waals surface area contributed by atoms with Crippen LogP contribution in [0.1, 0.15) is 42.1 Å². The number of sulfonamides is 1. The molecule has 1 amide bonds. The smallest absolute Gasteiger partial charge is 0.251 e. The van der Waals surface area contributed by atoms with Gasteiger partial charge in [-0.15, -0.1) is 0 Å². The molecule has 1 fully saturated rings. The van der Waals surface area contributed by atoms with Crippen molar-refractivity contribution < 1.29 is 17.9 Å². The molecular formula is C18H28N2O4S. The van der Waals surface area contributed by atoms with E-state index < -0.39 is 10.0 Å². The number of nitrogens with one attached hydrogen (secondary N) is 1. The quantitative estimate of drug-likeness (QED) is 0.749. The summed E-state index contributed by atoms with van der Waals surface area (Å²) < 4.78 is 32.2. The number of benzene rings is 1. The van der Waals surface area contributed by atoms with Gasteiger partial charge in [-0.25, -0.2) is 8.42 Å². The topological polar surface area (TPSA) is 75.7 Å². The Kier molecular flexibility index (Phi) is 6.98.